The van der Waals surface area contributed by atoms with Gasteiger partial charge in [0.25, 0.3) is 5.91 Å². The number of carbonyl (C=O) groups excluding carboxylic acids is 3. The lowest BCUT2D eigenvalue weighted by Crippen LogP contribution is -2.31. The Kier molecular flexibility index (Phi) is 9.39. The van der Waals surface area contributed by atoms with Crippen LogP contribution in [0.1, 0.15) is 29.8 Å². The van der Waals surface area contributed by atoms with Gasteiger partial charge < -0.3 is 15.4 Å². The van der Waals surface area contributed by atoms with Crippen molar-refractivity contribution in [2.75, 3.05) is 32.1 Å². The van der Waals surface area contributed by atoms with Crippen LogP contribution >= 0.6 is 11.6 Å². The molecule has 11 heteroatoms. The Hall–Kier alpha value is -2.95. The molecule has 0 spiro atoms. The molecule has 0 radical (unpaired) electrons. The quantitative estimate of drug-likeness (QED) is 0.488. The highest BCUT2D eigenvalue weighted by Gasteiger charge is 2.24. The highest BCUT2D eigenvalue weighted by Crippen LogP contribution is 2.24. The van der Waals surface area contributed by atoms with E-state index < -0.39 is 21.9 Å². The number of anilines is 1. The van der Waals surface area contributed by atoms with E-state index in [1.807, 2.05) is 0 Å². The molecule has 178 valence electrons. The normalized spacial score (nSPS) is 11.2. The van der Waals surface area contributed by atoms with Crippen LogP contribution < -0.4 is 10.6 Å². The van der Waals surface area contributed by atoms with E-state index in [0.717, 1.165) is 0 Å². The number of carbonyl (C=O) groups is 3. The van der Waals surface area contributed by atoms with Gasteiger partial charge in [-0.05, 0) is 35.9 Å². The van der Waals surface area contributed by atoms with E-state index in [9.17, 15) is 22.8 Å². The zero-order chi connectivity index (χ0) is 24.6. The molecule has 0 aliphatic rings. The largest absolute Gasteiger partial charge is 0.468 e. The van der Waals surface area contributed by atoms with Crippen LogP contribution in [0, 0.1) is 0 Å². The summed E-state index contributed by atoms with van der Waals surface area (Å²) in [5, 5.41) is 5.22. The van der Waals surface area contributed by atoms with Crippen LogP contribution in [0.3, 0.4) is 0 Å². The molecule has 2 rings (SSSR count). The molecule has 0 unspecified atom stereocenters. The molecular formula is C22H26ClN3O6S. The molecule has 0 fully saturated rings. The summed E-state index contributed by atoms with van der Waals surface area (Å²) < 4.78 is 31.3. The lowest BCUT2D eigenvalue weighted by atomic mass is 10.1. The first kappa shape index (κ1) is 26.3. The minimum atomic E-state index is -3.75. The summed E-state index contributed by atoms with van der Waals surface area (Å²) in [6, 6.07) is 10.5. The number of sulfonamides is 1. The fourth-order valence-corrected chi connectivity index (χ4v) is 4.63. The SMILES string of the molecule is CCN(CC)S(=O)(=O)c1ccc(Cl)c(C(=O)Nc2ccc(CC(=O)NCC(=O)OC)cc2)c1. The molecule has 33 heavy (non-hydrogen) atoms. The second-order valence-electron chi connectivity index (χ2n) is 6.91. The predicted molar refractivity (Wildman–Crippen MR) is 125 cm³/mol. The molecule has 2 N–H and O–H groups in total. The Bertz CT molecular complexity index is 1120. The molecule has 2 aromatic rings. The third kappa shape index (κ3) is 7.01. The van der Waals surface area contributed by atoms with E-state index in [2.05, 4.69) is 15.4 Å². The zero-order valence-electron chi connectivity index (χ0n) is 18.6. The molecule has 0 saturated carbocycles. The lowest BCUT2D eigenvalue weighted by molar-refractivity contribution is -0.141. The molecular weight excluding hydrogens is 470 g/mol. The van der Waals surface area contributed by atoms with Gasteiger partial charge in [0.15, 0.2) is 0 Å². The molecule has 0 bridgehead atoms. The summed E-state index contributed by atoms with van der Waals surface area (Å²) >= 11 is 6.15. The molecule has 0 aliphatic carbocycles. The van der Waals surface area contributed by atoms with Gasteiger partial charge in [-0.1, -0.05) is 37.6 Å². The Labute approximate surface area is 198 Å². The number of ether oxygens (including phenoxy) is 1. The van der Waals surface area contributed by atoms with Gasteiger partial charge in [-0.2, -0.15) is 4.31 Å². The molecule has 0 saturated heterocycles. The standard InChI is InChI=1S/C22H26ClN3O6S/c1-4-26(5-2)33(30,31)17-10-11-19(23)18(13-17)22(29)25-16-8-6-15(7-9-16)12-20(27)24-14-21(28)32-3/h6-11,13H,4-5,12,14H2,1-3H3,(H,24,27)(H,25,29). The number of halogens is 1. The number of hydrogen-bond donors (Lipinski definition) is 2. The molecule has 2 amide bonds. The third-order valence-corrected chi connectivity index (χ3v) is 7.14. The van der Waals surface area contributed by atoms with Crippen LogP contribution in [-0.4, -0.2) is 57.3 Å². The molecule has 9 nitrogen and oxygen atoms in total. The average molecular weight is 496 g/mol. The first-order valence-electron chi connectivity index (χ1n) is 10.2. The summed E-state index contributed by atoms with van der Waals surface area (Å²) in [5.74, 6) is -1.47. The van der Waals surface area contributed by atoms with Gasteiger partial charge in [-0.15, -0.1) is 0 Å². The summed E-state index contributed by atoms with van der Waals surface area (Å²) in [6.45, 7) is 3.85. The average Bonchev–Trinajstić information content (AvgIpc) is 2.79. The summed E-state index contributed by atoms with van der Waals surface area (Å²) in [5.41, 5.74) is 1.13. The van der Waals surface area contributed by atoms with Gasteiger partial charge in [0.2, 0.25) is 15.9 Å². The van der Waals surface area contributed by atoms with Crippen molar-refractivity contribution < 1.29 is 27.5 Å². The molecule has 0 aromatic heterocycles. The smallest absolute Gasteiger partial charge is 0.325 e. The highest BCUT2D eigenvalue weighted by molar-refractivity contribution is 7.89. The van der Waals surface area contributed by atoms with Gasteiger partial charge in [0.1, 0.15) is 6.54 Å². The Morgan fingerprint density at radius 3 is 2.24 bits per heavy atom. The number of benzene rings is 2. The fourth-order valence-electron chi connectivity index (χ4n) is 2.95. The van der Waals surface area contributed by atoms with Crippen LogP contribution in [0.15, 0.2) is 47.4 Å². The Morgan fingerprint density at radius 2 is 1.67 bits per heavy atom. The van der Waals surface area contributed by atoms with Crippen LogP contribution in [0.2, 0.25) is 5.02 Å². The number of rotatable bonds is 10. The number of esters is 1. The van der Waals surface area contributed by atoms with Crippen molar-refractivity contribution in [2.45, 2.75) is 25.2 Å². The summed E-state index contributed by atoms with van der Waals surface area (Å²) in [7, 11) is -2.52. The Balaban J connectivity index is 2.11. The van der Waals surface area contributed by atoms with Gasteiger partial charge in [-0.25, -0.2) is 8.42 Å². The van der Waals surface area contributed by atoms with E-state index in [1.54, 1.807) is 38.1 Å². The van der Waals surface area contributed by atoms with Gasteiger partial charge in [0.05, 0.1) is 29.0 Å². The maximum Gasteiger partial charge on any atom is 0.325 e. The first-order valence-corrected chi connectivity index (χ1v) is 12.0. The van der Waals surface area contributed by atoms with Gasteiger partial charge in [0, 0.05) is 18.8 Å². The maximum absolute atomic E-state index is 12.8. The van der Waals surface area contributed by atoms with Crippen molar-refractivity contribution >= 4 is 45.1 Å². The minimum Gasteiger partial charge on any atom is -0.468 e. The predicted octanol–water partition coefficient (Wildman–Crippen LogP) is 2.45. The van der Waals surface area contributed by atoms with Crippen molar-refractivity contribution in [3.8, 4) is 0 Å². The molecule has 2 aromatic carbocycles. The summed E-state index contributed by atoms with van der Waals surface area (Å²) in [4.78, 5) is 35.7. The number of nitrogens with zero attached hydrogens (tertiary/aromatic N) is 1. The van der Waals surface area contributed by atoms with Crippen molar-refractivity contribution in [2.24, 2.45) is 0 Å². The zero-order valence-corrected chi connectivity index (χ0v) is 20.1. The Morgan fingerprint density at radius 1 is 1.03 bits per heavy atom. The van der Waals surface area contributed by atoms with Crippen LogP contribution in [0.5, 0.6) is 0 Å². The second kappa shape index (κ2) is 11.8. The highest BCUT2D eigenvalue weighted by atomic mass is 35.5. The van der Waals surface area contributed by atoms with Gasteiger partial charge in [-0.3, -0.25) is 14.4 Å². The fraction of sp³-hybridized carbons (Fsp3) is 0.318. The molecule has 0 heterocycles. The van der Waals surface area contributed by atoms with Crippen LogP contribution in [-0.2, 0) is 30.8 Å². The van der Waals surface area contributed by atoms with E-state index >= 15 is 0 Å². The van der Waals surface area contributed by atoms with Crippen LogP contribution in [0.25, 0.3) is 0 Å². The van der Waals surface area contributed by atoms with Crippen molar-refractivity contribution in [1.29, 1.82) is 0 Å². The number of hydrogen-bond acceptors (Lipinski definition) is 6. The third-order valence-electron chi connectivity index (χ3n) is 4.76. The lowest BCUT2D eigenvalue weighted by Gasteiger charge is -2.19. The maximum atomic E-state index is 12.8. The van der Waals surface area contributed by atoms with Crippen molar-refractivity contribution in [3.05, 3.63) is 58.6 Å². The number of nitrogens with one attached hydrogen (secondary N) is 2. The molecule has 0 atom stereocenters. The first-order chi connectivity index (χ1) is 15.6. The van der Waals surface area contributed by atoms with Crippen molar-refractivity contribution in [3.63, 3.8) is 0 Å². The van der Waals surface area contributed by atoms with E-state index in [1.165, 1.54) is 29.6 Å². The van der Waals surface area contributed by atoms with Crippen LogP contribution in [0.4, 0.5) is 5.69 Å². The van der Waals surface area contributed by atoms with Crippen molar-refractivity contribution in [1.82, 2.24) is 9.62 Å². The van der Waals surface area contributed by atoms with E-state index in [0.29, 0.717) is 24.3 Å². The minimum absolute atomic E-state index is 0.0194. The van der Waals surface area contributed by atoms with E-state index in [-0.39, 0.29) is 34.4 Å². The van der Waals surface area contributed by atoms with Gasteiger partial charge >= 0.3 is 5.97 Å². The molecule has 0 aliphatic heterocycles. The number of amides is 2. The topological polar surface area (TPSA) is 122 Å². The monoisotopic (exact) mass is 495 g/mol. The summed E-state index contributed by atoms with van der Waals surface area (Å²) in [6.07, 6.45) is 0.0440. The van der Waals surface area contributed by atoms with E-state index in [4.69, 9.17) is 11.6 Å². The second-order valence-corrected chi connectivity index (χ2v) is 9.26. The number of methoxy groups -OCH3 is 1.